The van der Waals surface area contributed by atoms with Crippen molar-refractivity contribution in [2.24, 2.45) is 11.8 Å². The van der Waals surface area contributed by atoms with Gasteiger partial charge in [-0.3, -0.25) is 0 Å². The Bertz CT molecular complexity index is 765. The lowest BCUT2D eigenvalue weighted by atomic mass is 9.89. The highest BCUT2D eigenvalue weighted by Gasteiger charge is 2.36. The van der Waals surface area contributed by atoms with Crippen molar-refractivity contribution < 1.29 is 19.1 Å². The number of carbonyl (C=O) groups is 2. The Kier molecular flexibility index (Phi) is 7.39. The quantitative estimate of drug-likeness (QED) is 0.477. The number of carbonyl (C=O) groups excluding carboxylic acids is 2. The molecule has 0 bridgehead atoms. The summed E-state index contributed by atoms with van der Waals surface area (Å²) in [6, 6.07) is 18.4. The normalized spacial score (nSPS) is 19.1. The van der Waals surface area contributed by atoms with Crippen molar-refractivity contribution in [3.63, 3.8) is 0 Å². The zero-order chi connectivity index (χ0) is 21.5. The first-order chi connectivity index (χ1) is 15.2. The number of rotatable bonds is 8. The molecule has 2 aliphatic carbocycles. The summed E-state index contributed by atoms with van der Waals surface area (Å²) >= 11 is 0. The van der Waals surface area contributed by atoms with Crippen LogP contribution in [-0.2, 0) is 9.47 Å². The monoisotopic (exact) mass is 420 g/mol. The van der Waals surface area contributed by atoms with Gasteiger partial charge in [-0.05, 0) is 61.8 Å². The maximum atomic E-state index is 12.8. The Hall–Kier alpha value is -2.62. The van der Waals surface area contributed by atoms with Gasteiger partial charge in [-0.1, -0.05) is 62.1 Å². The van der Waals surface area contributed by atoms with E-state index in [1.165, 1.54) is 25.7 Å². The van der Waals surface area contributed by atoms with Crippen LogP contribution >= 0.6 is 0 Å². The Morgan fingerprint density at radius 1 is 0.645 bits per heavy atom. The van der Waals surface area contributed by atoms with Gasteiger partial charge in [-0.25, -0.2) is 9.59 Å². The average molecular weight is 421 g/mol. The number of benzene rings is 2. The molecule has 2 aliphatic rings. The van der Waals surface area contributed by atoms with Crippen LogP contribution in [0.1, 0.15) is 78.5 Å². The second-order valence-electron chi connectivity index (χ2n) is 8.94. The fraction of sp³-hybridized carbons (Fsp3) is 0.481. The first kappa shape index (κ1) is 21.6. The molecule has 2 atom stereocenters. The van der Waals surface area contributed by atoms with Crippen LogP contribution in [0.25, 0.3) is 0 Å². The van der Waals surface area contributed by atoms with E-state index in [4.69, 9.17) is 9.47 Å². The Morgan fingerprint density at radius 2 is 1.00 bits per heavy atom. The van der Waals surface area contributed by atoms with E-state index in [0.29, 0.717) is 29.4 Å². The number of hydrogen-bond acceptors (Lipinski definition) is 4. The summed E-state index contributed by atoms with van der Waals surface area (Å²) in [4.78, 5) is 25.7. The molecule has 2 aromatic carbocycles. The third-order valence-electron chi connectivity index (χ3n) is 6.85. The minimum atomic E-state index is -0.281. The first-order valence-electron chi connectivity index (χ1n) is 11.7. The van der Waals surface area contributed by atoms with E-state index in [1.54, 1.807) is 24.3 Å². The van der Waals surface area contributed by atoms with Gasteiger partial charge in [0.1, 0.15) is 12.2 Å². The summed E-state index contributed by atoms with van der Waals surface area (Å²) in [6.45, 7) is 0. The van der Waals surface area contributed by atoms with E-state index in [0.717, 1.165) is 25.7 Å². The van der Waals surface area contributed by atoms with Gasteiger partial charge in [0.15, 0.2) is 0 Å². The fourth-order valence-corrected chi connectivity index (χ4v) is 5.12. The standard InChI is InChI=1S/C27H32O4/c28-26(22-15-3-1-4-16-22)30-24(20-11-7-8-12-20)19-25(21-13-9-10-14-21)31-27(29)23-17-5-2-6-18-23/h1-6,15-18,20-21,24-25H,7-14,19H2. The van der Waals surface area contributed by atoms with Crippen molar-refractivity contribution in [2.45, 2.75) is 70.0 Å². The van der Waals surface area contributed by atoms with Crippen LogP contribution < -0.4 is 0 Å². The molecule has 0 aromatic heterocycles. The van der Waals surface area contributed by atoms with Crippen LogP contribution in [0.4, 0.5) is 0 Å². The molecule has 0 radical (unpaired) electrons. The van der Waals surface area contributed by atoms with Gasteiger partial charge in [0.05, 0.1) is 11.1 Å². The molecule has 4 heteroatoms. The maximum Gasteiger partial charge on any atom is 0.338 e. The Balaban J connectivity index is 1.50. The van der Waals surface area contributed by atoms with Gasteiger partial charge >= 0.3 is 11.9 Å². The lowest BCUT2D eigenvalue weighted by Gasteiger charge is -2.31. The zero-order valence-corrected chi connectivity index (χ0v) is 18.1. The number of hydrogen-bond donors (Lipinski definition) is 0. The topological polar surface area (TPSA) is 52.6 Å². The molecule has 0 spiro atoms. The highest BCUT2D eigenvalue weighted by atomic mass is 16.6. The highest BCUT2D eigenvalue weighted by Crippen LogP contribution is 2.37. The molecule has 0 amide bonds. The van der Waals surface area contributed by atoms with Crippen LogP contribution in [0, 0.1) is 11.8 Å². The molecule has 2 saturated carbocycles. The lowest BCUT2D eigenvalue weighted by molar-refractivity contribution is -0.0281. The first-order valence-corrected chi connectivity index (χ1v) is 11.7. The van der Waals surface area contributed by atoms with Crippen molar-refractivity contribution in [2.75, 3.05) is 0 Å². The molecule has 2 fully saturated rings. The van der Waals surface area contributed by atoms with Gasteiger partial charge in [0, 0.05) is 6.42 Å². The largest absolute Gasteiger partial charge is 0.458 e. The van der Waals surface area contributed by atoms with Crippen molar-refractivity contribution >= 4 is 11.9 Å². The third kappa shape index (κ3) is 5.75. The zero-order valence-electron chi connectivity index (χ0n) is 18.1. The number of esters is 2. The summed E-state index contributed by atoms with van der Waals surface area (Å²) in [5.74, 6) is 0.119. The van der Waals surface area contributed by atoms with E-state index in [-0.39, 0.29) is 24.1 Å². The van der Waals surface area contributed by atoms with Gasteiger partial charge in [0.2, 0.25) is 0 Å². The third-order valence-corrected chi connectivity index (χ3v) is 6.85. The molecule has 0 aliphatic heterocycles. The molecule has 164 valence electrons. The predicted molar refractivity (Wildman–Crippen MR) is 120 cm³/mol. The van der Waals surface area contributed by atoms with Crippen LogP contribution in [0.15, 0.2) is 60.7 Å². The smallest absolute Gasteiger partial charge is 0.338 e. The van der Waals surface area contributed by atoms with Crippen LogP contribution in [0.2, 0.25) is 0 Å². The Morgan fingerprint density at radius 3 is 1.35 bits per heavy atom. The molecular formula is C27H32O4. The molecule has 0 N–H and O–H groups in total. The summed E-state index contributed by atoms with van der Waals surface area (Å²) < 4.78 is 12.1. The van der Waals surface area contributed by atoms with Crippen molar-refractivity contribution in [3.05, 3.63) is 71.8 Å². The Labute approximate surface area is 185 Å². The highest BCUT2D eigenvalue weighted by molar-refractivity contribution is 5.90. The predicted octanol–water partition coefficient (Wildman–Crippen LogP) is 6.21. The van der Waals surface area contributed by atoms with Crippen LogP contribution in [-0.4, -0.2) is 24.1 Å². The van der Waals surface area contributed by atoms with E-state index in [1.807, 2.05) is 36.4 Å². The molecule has 31 heavy (non-hydrogen) atoms. The van der Waals surface area contributed by atoms with E-state index in [9.17, 15) is 9.59 Å². The van der Waals surface area contributed by atoms with E-state index >= 15 is 0 Å². The minimum absolute atomic E-state index is 0.218. The molecular weight excluding hydrogens is 388 g/mol. The lowest BCUT2D eigenvalue weighted by Crippen LogP contribution is -2.35. The minimum Gasteiger partial charge on any atom is -0.458 e. The van der Waals surface area contributed by atoms with Gasteiger partial charge < -0.3 is 9.47 Å². The molecule has 0 saturated heterocycles. The molecule has 4 rings (SSSR count). The molecule has 2 aromatic rings. The second-order valence-corrected chi connectivity index (χ2v) is 8.94. The molecule has 0 heterocycles. The van der Waals surface area contributed by atoms with Crippen LogP contribution in [0.3, 0.4) is 0 Å². The SMILES string of the molecule is O=C(OC(CC(OC(=O)c1ccccc1)C1CCCC1)C1CCCC1)c1ccccc1. The van der Waals surface area contributed by atoms with Crippen molar-refractivity contribution in [3.8, 4) is 0 Å². The molecule has 2 unspecified atom stereocenters. The van der Waals surface area contributed by atoms with Crippen molar-refractivity contribution in [1.82, 2.24) is 0 Å². The summed E-state index contributed by atoms with van der Waals surface area (Å²) in [5, 5.41) is 0. The number of ether oxygens (including phenoxy) is 2. The van der Waals surface area contributed by atoms with Gasteiger partial charge in [0.25, 0.3) is 0 Å². The summed E-state index contributed by atoms with van der Waals surface area (Å²) in [5.41, 5.74) is 1.15. The van der Waals surface area contributed by atoms with Gasteiger partial charge in [-0.2, -0.15) is 0 Å². The molecule has 4 nitrogen and oxygen atoms in total. The fourth-order valence-electron chi connectivity index (χ4n) is 5.12. The average Bonchev–Trinajstić information content (AvgIpc) is 3.54. The summed E-state index contributed by atoms with van der Waals surface area (Å²) in [6.07, 6.45) is 9.09. The van der Waals surface area contributed by atoms with Crippen LogP contribution in [0.5, 0.6) is 0 Å². The maximum absolute atomic E-state index is 12.8. The van der Waals surface area contributed by atoms with Crippen molar-refractivity contribution in [1.29, 1.82) is 0 Å². The summed E-state index contributed by atoms with van der Waals surface area (Å²) in [7, 11) is 0. The second kappa shape index (κ2) is 10.6. The van der Waals surface area contributed by atoms with E-state index in [2.05, 4.69) is 0 Å². The van der Waals surface area contributed by atoms with E-state index < -0.39 is 0 Å². The van der Waals surface area contributed by atoms with Gasteiger partial charge in [-0.15, -0.1) is 0 Å².